The number of ether oxygens (including phenoxy) is 1. The Bertz CT molecular complexity index is 957. The van der Waals surface area contributed by atoms with Crippen LogP contribution in [-0.4, -0.2) is 60.9 Å². The number of halogens is 1. The molecule has 0 radical (unpaired) electrons. The zero-order valence-electron chi connectivity index (χ0n) is 18.0. The smallest absolute Gasteiger partial charge is 0.310 e. The first-order valence-electron chi connectivity index (χ1n) is 10.4. The summed E-state index contributed by atoms with van der Waals surface area (Å²) in [4.78, 5) is 42.1. The van der Waals surface area contributed by atoms with Gasteiger partial charge in [0, 0.05) is 25.0 Å². The number of thiophene rings is 1. The number of likely N-dealkylation sites (N-methyl/N-ethyl adjacent to an activating group) is 1. The molecule has 1 atom stereocenters. The van der Waals surface area contributed by atoms with E-state index in [4.69, 9.17) is 4.74 Å². The van der Waals surface area contributed by atoms with Crippen LogP contribution in [0.2, 0.25) is 0 Å². The third kappa shape index (κ3) is 5.50. The van der Waals surface area contributed by atoms with E-state index in [0.29, 0.717) is 31.0 Å². The maximum Gasteiger partial charge on any atom is 0.310 e. The van der Waals surface area contributed by atoms with Gasteiger partial charge in [-0.05, 0) is 56.0 Å². The summed E-state index contributed by atoms with van der Waals surface area (Å²) in [5, 5.41) is 0. The predicted molar refractivity (Wildman–Crippen MR) is 117 cm³/mol. The zero-order chi connectivity index (χ0) is 22.5. The molecular formula is C23H27FN2O4S. The highest BCUT2D eigenvalue weighted by atomic mass is 32.1. The van der Waals surface area contributed by atoms with Crippen LogP contribution in [-0.2, 0) is 14.3 Å². The van der Waals surface area contributed by atoms with Crippen LogP contribution < -0.4 is 0 Å². The van der Waals surface area contributed by atoms with E-state index in [-0.39, 0.29) is 36.1 Å². The van der Waals surface area contributed by atoms with E-state index in [1.165, 1.54) is 28.4 Å². The maximum absolute atomic E-state index is 13.2. The lowest BCUT2D eigenvalue weighted by Gasteiger charge is -2.32. The van der Waals surface area contributed by atoms with Gasteiger partial charge in [0.05, 0.1) is 23.9 Å². The number of aryl methyl sites for hydroxylation is 1. The second-order valence-electron chi connectivity index (χ2n) is 7.72. The minimum atomic E-state index is -0.310. The highest BCUT2D eigenvalue weighted by Crippen LogP contribution is 2.33. The van der Waals surface area contributed by atoms with Gasteiger partial charge in [-0.15, -0.1) is 11.3 Å². The van der Waals surface area contributed by atoms with Crippen LogP contribution >= 0.6 is 11.3 Å². The van der Waals surface area contributed by atoms with Gasteiger partial charge in [-0.3, -0.25) is 14.4 Å². The van der Waals surface area contributed by atoms with Crippen molar-refractivity contribution in [3.63, 3.8) is 0 Å². The SMILES string of the molecule is CCOC(=O)C1CCCN(C(=O)CN(C)C(=O)c2cc(C)c(-c3ccc(F)cc3)s2)C1. The third-order valence-electron chi connectivity index (χ3n) is 5.35. The van der Waals surface area contributed by atoms with Gasteiger partial charge in [0.2, 0.25) is 5.91 Å². The summed E-state index contributed by atoms with van der Waals surface area (Å²) in [5.74, 6) is -1.32. The Balaban J connectivity index is 1.64. The summed E-state index contributed by atoms with van der Waals surface area (Å²) in [6, 6.07) is 7.95. The van der Waals surface area contributed by atoms with Gasteiger partial charge >= 0.3 is 5.97 Å². The van der Waals surface area contributed by atoms with Crippen LogP contribution in [0.25, 0.3) is 10.4 Å². The zero-order valence-corrected chi connectivity index (χ0v) is 18.8. The van der Waals surface area contributed by atoms with Crippen molar-refractivity contribution in [3.8, 4) is 10.4 Å². The second kappa shape index (κ2) is 10.0. The number of benzene rings is 1. The van der Waals surface area contributed by atoms with E-state index in [0.717, 1.165) is 22.4 Å². The monoisotopic (exact) mass is 446 g/mol. The van der Waals surface area contributed by atoms with E-state index in [9.17, 15) is 18.8 Å². The van der Waals surface area contributed by atoms with Crippen LogP contribution in [0.1, 0.15) is 35.0 Å². The minimum Gasteiger partial charge on any atom is -0.466 e. The first-order chi connectivity index (χ1) is 14.8. The fourth-order valence-electron chi connectivity index (χ4n) is 3.69. The summed E-state index contributed by atoms with van der Waals surface area (Å²) in [5.41, 5.74) is 1.77. The molecule has 1 aliphatic heterocycles. The Morgan fingerprint density at radius 3 is 2.65 bits per heavy atom. The van der Waals surface area contributed by atoms with E-state index in [1.54, 1.807) is 37.1 Å². The lowest BCUT2D eigenvalue weighted by Crippen LogP contribution is -2.47. The fraction of sp³-hybridized carbons (Fsp3) is 0.435. The maximum atomic E-state index is 13.2. The molecule has 0 spiro atoms. The van der Waals surface area contributed by atoms with Gasteiger partial charge in [0.1, 0.15) is 5.82 Å². The highest BCUT2D eigenvalue weighted by molar-refractivity contribution is 7.17. The molecule has 0 N–H and O–H groups in total. The predicted octanol–water partition coefficient (Wildman–Crippen LogP) is 3.74. The molecule has 1 unspecified atom stereocenters. The Hall–Kier alpha value is -2.74. The van der Waals surface area contributed by atoms with E-state index in [1.807, 2.05) is 6.92 Å². The fourth-order valence-corrected chi connectivity index (χ4v) is 4.87. The van der Waals surface area contributed by atoms with Crippen LogP contribution in [0, 0.1) is 18.7 Å². The van der Waals surface area contributed by atoms with Gasteiger partial charge in [-0.25, -0.2) is 4.39 Å². The second-order valence-corrected chi connectivity index (χ2v) is 8.77. The molecular weight excluding hydrogens is 419 g/mol. The van der Waals surface area contributed by atoms with Crippen LogP contribution in [0.3, 0.4) is 0 Å². The Morgan fingerprint density at radius 2 is 1.97 bits per heavy atom. The van der Waals surface area contributed by atoms with Crippen molar-refractivity contribution < 1.29 is 23.5 Å². The molecule has 0 bridgehead atoms. The van der Waals surface area contributed by atoms with Gasteiger partial charge in [0.25, 0.3) is 5.91 Å². The molecule has 1 fully saturated rings. The molecule has 0 saturated carbocycles. The lowest BCUT2D eigenvalue weighted by molar-refractivity contribution is -0.151. The Labute approximate surface area is 185 Å². The summed E-state index contributed by atoms with van der Waals surface area (Å²) in [6.45, 7) is 4.83. The molecule has 166 valence electrons. The quantitative estimate of drug-likeness (QED) is 0.634. The number of hydrogen-bond donors (Lipinski definition) is 0. The lowest BCUT2D eigenvalue weighted by atomic mass is 9.98. The number of amides is 2. The van der Waals surface area contributed by atoms with Crippen LogP contribution in [0.4, 0.5) is 4.39 Å². The number of hydrogen-bond acceptors (Lipinski definition) is 5. The molecule has 3 rings (SSSR count). The van der Waals surface area contributed by atoms with Crippen molar-refractivity contribution in [2.75, 3.05) is 33.3 Å². The number of likely N-dealkylation sites (tertiary alicyclic amines) is 1. The normalized spacial score (nSPS) is 16.1. The summed E-state index contributed by atoms with van der Waals surface area (Å²) >= 11 is 1.33. The van der Waals surface area contributed by atoms with Crippen molar-refractivity contribution >= 4 is 29.1 Å². The molecule has 1 saturated heterocycles. The van der Waals surface area contributed by atoms with Crippen molar-refractivity contribution in [1.29, 1.82) is 0 Å². The van der Waals surface area contributed by atoms with Crippen molar-refractivity contribution in [2.24, 2.45) is 5.92 Å². The number of carbonyl (C=O) groups is 3. The van der Waals surface area contributed by atoms with Crippen molar-refractivity contribution in [3.05, 3.63) is 46.6 Å². The first kappa shape index (κ1) is 22.9. The summed E-state index contributed by atoms with van der Waals surface area (Å²) in [7, 11) is 1.60. The number of esters is 1. The Kier molecular flexibility index (Phi) is 7.43. The summed E-state index contributed by atoms with van der Waals surface area (Å²) in [6.07, 6.45) is 1.44. The number of piperidine rings is 1. The molecule has 0 aliphatic carbocycles. The average molecular weight is 447 g/mol. The highest BCUT2D eigenvalue weighted by Gasteiger charge is 2.30. The average Bonchev–Trinajstić information content (AvgIpc) is 3.15. The molecule has 31 heavy (non-hydrogen) atoms. The Morgan fingerprint density at radius 1 is 1.26 bits per heavy atom. The number of rotatable bonds is 6. The summed E-state index contributed by atoms with van der Waals surface area (Å²) < 4.78 is 18.3. The molecule has 2 heterocycles. The van der Waals surface area contributed by atoms with Crippen molar-refractivity contribution in [1.82, 2.24) is 9.80 Å². The van der Waals surface area contributed by atoms with Gasteiger partial charge in [-0.2, -0.15) is 0 Å². The molecule has 1 aromatic carbocycles. The van der Waals surface area contributed by atoms with E-state index < -0.39 is 0 Å². The molecule has 2 amide bonds. The van der Waals surface area contributed by atoms with Crippen molar-refractivity contribution in [2.45, 2.75) is 26.7 Å². The molecule has 2 aromatic rings. The largest absolute Gasteiger partial charge is 0.466 e. The van der Waals surface area contributed by atoms with Gasteiger partial charge in [0.15, 0.2) is 0 Å². The van der Waals surface area contributed by atoms with Crippen LogP contribution in [0.5, 0.6) is 0 Å². The molecule has 1 aliphatic rings. The number of nitrogens with zero attached hydrogens (tertiary/aromatic N) is 2. The van der Waals surface area contributed by atoms with Crippen LogP contribution in [0.15, 0.2) is 30.3 Å². The van der Waals surface area contributed by atoms with Gasteiger partial charge < -0.3 is 14.5 Å². The molecule has 6 nitrogen and oxygen atoms in total. The van der Waals surface area contributed by atoms with E-state index >= 15 is 0 Å². The standard InChI is InChI=1S/C23H27FN2O4S/c1-4-30-23(29)17-6-5-11-26(13-17)20(27)14-25(3)22(28)19-12-15(2)21(31-19)16-7-9-18(24)10-8-16/h7-10,12,17H,4-6,11,13-14H2,1-3H3. The van der Waals surface area contributed by atoms with E-state index in [2.05, 4.69) is 0 Å². The molecule has 8 heteroatoms. The van der Waals surface area contributed by atoms with Gasteiger partial charge in [-0.1, -0.05) is 12.1 Å². The first-order valence-corrected chi connectivity index (χ1v) is 11.2. The molecule has 1 aromatic heterocycles. The minimum absolute atomic E-state index is 0.0583. The number of carbonyl (C=O) groups excluding carboxylic acids is 3. The third-order valence-corrected chi connectivity index (χ3v) is 6.62. The topological polar surface area (TPSA) is 66.9 Å².